The molecule has 3 N–H and O–H groups in total. The molecule has 5 rings (SSSR count). The van der Waals surface area contributed by atoms with E-state index >= 15 is 0 Å². The molecule has 0 spiro atoms. The first-order valence-corrected chi connectivity index (χ1v) is 11.0. The van der Waals surface area contributed by atoms with Gasteiger partial charge in [-0.25, -0.2) is 0 Å². The number of carbonyl (C=O) groups excluding carboxylic acids is 1. The molecule has 1 fully saturated rings. The normalized spacial score (nSPS) is 26.1. The van der Waals surface area contributed by atoms with Crippen LogP contribution < -0.4 is 15.4 Å². The van der Waals surface area contributed by atoms with Gasteiger partial charge in [0.15, 0.2) is 11.5 Å². The molecular formula is C25H28N2O4. The first-order chi connectivity index (χ1) is 15.1. The molecule has 4 unspecified atom stereocenters. The molecule has 2 heterocycles. The van der Waals surface area contributed by atoms with Gasteiger partial charge in [-0.2, -0.15) is 0 Å². The van der Waals surface area contributed by atoms with Crippen molar-refractivity contribution in [2.24, 2.45) is 5.92 Å². The molecule has 6 heteroatoms. The molecule has 6 nitrogen and oxygen atoms in total. The monoisotopic (exact) mass is 420 g/mol. The molecule has 0 radical (unpaired) electrons. The number of methoxy groups -OCH3 is 1. The van der Waals surface area contributed by atoms with Gasteiger partial charge >= 0.3 is 0 Å². The molecule has 0 bridgehead atoms. The van der Waals surface area contributed by atoms with Gasteiger partial charge in [-0.1, -0.05) is 18.2 Å². The van der Waals surface area contributed by atoms with E-state index < -0.39 is 0 Å². The third kappa shape index (κ3) is 3.76. The number of amides is 1. The average molecular weight is 421 g/mol. The number of phenols is 1. The van der Waals surface area contributed by atoms with Crippen molar-refractivity contribution in [3.8, 4) is 11.5 Å². The van der Waals surface area contributed by atoms with E-state index in [1.54, 1.807) is 19.2 Å². The Hall–Kier alpha value is -2.99. The van der Waals surface area contributed by atoms with Crippen LogP contribution in [0.1, 0.15) is 52.7 Å². The summed E-state index contributed by atoms with van der Waals surface area (Å²) in [5.41, 5.74) is 3.89. The molecule has 2 aromatic carbocycles. The van der Waals surface area contributed by atoms with Crippen molar-refractivity contribution in [2.45, 2.75) is 37.3 Å². The van der Waals surface area contributed by atoms with E-state index in [4.69, 9.17) is 9.47 Å². The van der Waals surface area contributed by atoms with Crippen LogP contribution in [0.3, 0.4) is 0 Å². The number of aromatic hydroxyl groups is 1. The summed E-state index contributed by atoms with van der Waals surface area (Å²) < 4.78 is 10.8. The molecule has 0 aromatic heterocycles. The topological polar surface area (TPSA) is 79.8 Å². The van der Waals surface area contributed by atoms with E-state index in [1.165, 1.54) is 0 Å². The maximum Gasteiger partial charge on any atom is 0.251 e. The minimum absolute atomic E-state index is 0.0565. The fourth-order valence-corrected chi connectivity index (χ4v) is 5.08. The summed E-state index contributed by atoms with van der Waals surface area (Å²) in [6, 6.07) is 11.5. The van der Waals surface area contributed by atoms with Crippen LogP contribution in [0.2, 0.25) is 0 Å². The van der Waals surface area contributed by atoms with Gasteiger partial charge in [-0.15, -0.1) is 0 Å². The molecule has 2 aromatic rings. The van der Waals surface area contributed by atoms with Gasteiger partial charge in [0.1, 0.15) is 0 Å². The molecule has 1 saturated heterocycles. The Bertz CT molecular complexity index is 1010. The number of allylic oxidation sites excluding steroid dienone is 2. The van der Waals surface area contributed by atoms with Crippen LogP contribution in [-0.2, 0) is 4.74 Å². The fraction of sp³-hybridized carbons (Fsp3) is 0.400. The number of nitrogens with one attached hydrogen (secondary N) is 2. The van der Waals surface area contributed by atoms with Gasteiger partial charge in [-0.3, -0.25) is 4.79 Å². The number of hydrogen-bond acceptors (Lipinski definition) is 5. The summed E-state index contributed by atoms with van der Waals surface area (Å²) in [4.78, 5) is 12.7. The van der Waals surface area contributed by atoms with Gasteiger partial charge < -0.3 is 25.2 Å². The second-order valence-corrected chi connectivity index (χ2v) is 8.55. The Labute approximate surface area is 182 Å². The predicted octanol–water partition coefficient (Wildman–Crippen LogP) is 4.14. The second kappa shape index (κ2) is 8.27. The second-order valence-electron chi connectivity index (χ2n) is 8.55. The van der Waals surface area contributed by atoms with Crippen molar-refractivity contribution < 1.29 is 19.4 Å². The van der Waals surface area contributed by atoms with Crippen LogP contribution in [0.5, 0.6) is 11.5 Å². The number of anilines is 1. The van der Waals surface area contributed by atoms with E-state index in [1.807, 2.05) is 24.3 Å². The molecule has 162 valence electrons. The number of phenolic OH excluding ortho intramolecular Hbond substituents is 1. The summed E-state index contributed by atoms with van der Waals surface area (Å²) in [6.45, 7) is 1.34. The van der Waals surface area contributed by atoms with E-state index in [0.29, 0.717) is 23.8 Å². The number of hydrogen-bond donors (Lipinski definition) is 3. The van der Waals surface area contributed by atoms with Crippen LogP contribution in [0, 0.1) is 5.92 Å². The highest BCUT2D eigenvalue weighted by Crippen LogP contribution is 2.50. The molecule has 2 aliphatic heterocycles. The number of benzene rings is 2. The number of carbonyl (C=O) groups is 1. The number of fused-ring (bicyclic) bond motifs is 3. The van der Waals surface area contributed by atoms with Crippen molar-refractivity contribution in [2.75, 3.05) is 25.6 Å². The Balaban J connectivity index is 1.38. The van der Waals surface area contributed by atoms with Gasteiger partial charge in [0.2, 0.25) is 0 Å². The summed E-state index contributed by atoms with van der Waals surface area (Å²) in [6.07, 6.45) is 7.61. The lowest BCUT2D eigenvalue weighted by Crippen LogP contribution is -2.32. The Morgan fingerprint density at radius 1 is 1.29 bits per heavy atom. The summed E-state index contributed by atoms with van der Waals surface area (Å²) >= 11 is 0. The highest BCUT2D eigenvalue weighted by Gasteiger charge is 2.38. The maximum absolute atomic E-state index is 12.7. The highest BCUT2D eigenvalue weighted by molar-refractivity contribution is 5.95. The zero-order chi connectivity index (χ0) is 21.4. The summed E-state index contributed by atoms with van der Waals surface area (Å²) in [5, 5.41) is 16.9. The maximum atomic E-state index is 12.7. The van der Waals surface area contributed by atoms with Crippen LogP contribution in [0.25, 0.3) is 0 Å². The standard InChI is InChI=1S/C25H28N2O4/c1-30-23-10-8-15(13-22(23)28)24-19-6-2-5-18(19)20-12-16(7-9-21(20)27-24)25(29)26-14-17-4-3-11-31-17/h2,5,7-10,12-13,17-19,24,27-28H,3-4,6,11,14H2,1H3,(H,26,29). The number of ether oxygens (including phenoxy) is 2. The third-order valence-corrected chi connectivity index (χ3v) is 6.70. The SMILES string of the molecule is COc1ccc(C2Nc3ccc(C(=O)NCC4CCCO4)cc3C3C=CCC32)cc1O. The van der Waals surface area contributed by atoms with Crippen molar-refractivity contribution in [3.05, 3.63) is 65.2 Å². The number of rotatable bonds is 5. The Morgan fingerprint density at radius 3 is 2.97 bits per heavy atom. The Morgan fingerprint density at radius 2 is 2.19 bits per heavy atom. The predicted molar refractivity (Wildman–Crippen MR) is 119 cm³/mol. The molecular weight excluding hydrogens is 392 g/mol. The zero-order valence-corrected chi connectivity index (χ0v) is 17.6. The molecule has 3 aliphatic rings. The van der Waals surface area contributed by atoms with E-state index in [0.717, 1.165) is 42.7 Å². The molecule has 4 atom stereocenters. The van der Waals surface area contributed by atoms with Crippen LogP contribution in [0.4, 0.5) is 5.69 Å². The van der Waals surface area contributed by atoms with Gasteiger partial charge in [-0.05, 0) is 66.6 Å². The van der Waals surface area contributed by atoms with Crippen molar-refractivity contribution >= 4 is 11.6 Å². The van der Waals surface area contributed by atoms with Crippen LogP contribution >= 0.6 is 0 Å². The van der Waals surface area contributed by atoms with Gasteiger partial charge in [0.05, 0.1) is 19.3 Å². The summed E-state index contributed by atoms with van der Waals surface area (Å²) in [7, 11) is 1.55. The highest BCUT2D eigenvalue weighted by atomic mass is 16.5. The molecule has 1 amide bonds. The van der Waals surface area contributed by atoms with E-state index in [2.05, 4.69) is 22.8 Å². The van der Waals surface area contributed by atoms with Crippen LogP contribution in [0.15, 0.2) is 48.6 Å². The lowest BCUT2D eigenvalue weighted by molar-refractivity contribution is 0.0857. The lowest BCUT2D eigenvalue weighted by atomic mass is 9.76. The van der Waals surface area contributed by atoms with E-state index in [-0.39, 0.29) is 29.7 Å². The third-order valence-electron chi connectivity index (χ3n) is 6.70. The summed E-state index contributed by atoms with van der Waals surface area (Å²) in [5.74, 6) is 1.12. The average Bonchev–Trinajstić information content (AvgIpc) is 3.49. The Kier molecular flexibility index (Phi) is 5.32. The zero-order valence-electron chi connectivity index (χ0n) is 17.6. The minimum atomic E-state index is -0.0565. The van der Waals surface area contributed by atoms with Gasteiger partial charge in [0.25, 0.3) is 5.91 Å². The largest absolute Gasteiger partial charge is 0.504 e. The molecule has 31 heavy (non-hydrogen) atoms. The quantitative estimate of drug-likeness (QED) is 0.634. The minimum Gasteiger partial charge on any atom is -0.504 e. The first-order valence-electron chi connectivity index (χ1n) is 11.0. The molecule has 1 aliphatic carbocycles. The van der Waals surface area contributed by atoms with Crippen LogP contribution in [-0.4, -0.2) is 37.4 Å². The van der Waals surface area contributed by atoms with E-state index in [9.17, 15) is 9.90 Å². The van der Waals surface area contributed by atoms with Gasteiger partial charge in [0, 0.05) is 30.3 Å². The first kappa shape index (κ1) is 19.9. The van der Waals surface area contributed by atoms with Crippen molar-refractivity contribution in [3.63, 3.8) is 0 Å². The van der Waals surface area contributed by atoms with Crippen molar-refractivity contribution in [1.29, 1.82) is 0 Å². The molecule has 0 saturated carbocycles. The van der Waals surface area contributed by atoms with Crippen molar-refractivity contribution in [1.82, 2.24) is 5.32 Å². The fourth-order valence-electron chi connectivity index (χ4n) is 5.08. The lowest BCUT2D eigenvalue weighted by Gasteiger charge is -2.37. The smallest absolute Gasteiger partial charge is 0.251 e.